The lowest BCUT2D eigenvalue weighted by atomic mass is 10.3. The van der Waals surface area contributed by atoms with Gasteiger partial charge in [-0.25, -0.2) is 4.98 Å². The van der Waals surface area contributed by atoms with Crippen molar-refractivity contribution in [2.75, 3.05) is 0 Å². The molecule has 5 heteroatoms. The van der Waals surface area contributed by atoms with Crippen LogP contribution >= 0.6 is 34.5 Å². The zero-order chi connectivity index (χ0) is 12.4. The number of halogens is 2. The molecule has 90 valence electrons. The van der Waals surface area contributed by atoms with Crippen molar-refractivity contribution in [1.82, 2.24) is 4.98 Å². The van der Waals surface area contributed by atoms with E-state index in [1.54, 1.807) is 29.5 Å². The van der Waals surface area contributed by atoms with Gasteiger partial charge in [-0.3, -0.25) is 0 Å². The zero-order valence-electron chi connectivity index (χ0n) is 9.46. The molecule has 0 fully saturated rings. The van der Waals surface area contributed by atoms with Crippen LogP contribution in [0.25, 0.3) is 0 Å². The van der Waals surface area contributed by atoms with E-state index in [0.29, 0.717) is 22.4 Å². The quantitative estimate of drug-likeness (QED) is 0.820. The average molecular weight is 288 g/mol. The van der Waals surface area contributed by atoms with Crippen LogP contribution in [0.15, 0.2) is 18.2 Å². The van der Waals surface area contributed by atoms with E-state index >= 15 is 0 Å². The zero-order valence-corrected chi connectivity index (χ0v) is 11.8. The molecule has 0 aliphatic carbocycles. The summed E-state index contributed by atoms with van der Waals surface area (Å²) in [5.41, 5.74) is 1.05. The Morgan fingerprint density at radius 3 is 2.71 bits per heavy atom. The van der Waals surface area contributed by atoms with E-state index in [2.05, 4.69) is 4.98 Å². The lowest BCUT2D eigenvalue weighted by molar-refractivity contribution is 0.305. The Balaban J connectivity index is 2.09. The molecule has 0 spiro atoms. The van der Waals surface area contributed by atoms with E-state index in [1.807, 2.05) is 13.8 Å². The van der Waals surface area contributed by atoms with Crippen LogP contribution < -0.4 is 4.74 Å². The van der Waals surface area contributed by atoms with Crippen molar-refractivity contribution in [1.29, 1.82) is 0 Å². The Morgan fingerprint density at radius 2 is 2.06 bits per heavy atom. The van der Waals surface area contributed by atoms with Crippen molar-refractivity contribution in [2.24, 2.45) is 0 Å². The van der Waals surface area contributed by atoms with Gasteiger partial charge in [0, 0.05) is 16.0 Å². The molecule has 0 saturated heterocycles. The second kappa shape index (κ2) is 5.25. The molecule has 1 aromatic heterocycles. The normalized spacial score (nSPS) is 10.6. The molecule has 0 bridgehead atoms. The first-order valence-electron chi connectivity index (χ1n) is 5.07. The van der Waals surface area contributed by atoms with Crippen molar-refractivity contribution in [3.63, 3.8) is 0 Å². The predicted molar refractivity (Wildman–Crippen MR) is 72.4 cm³/mol. The predicted octanol–water partition coefficient (Wildman–Crippen LogP) is 4.65. The molecule has 0 amide bonds. The van der Waals surface area contributed by atoms with Crippen molar-refractivity contribution in [2.45, 2.75) is 20.5 Å². The lowest BCUT2D eigenvalue weighted by Gasteiger charge is -2.06. The summed E-state index contributed by atoms with van der Waals surface area (Å²) in [6.07, 6.45) is 0. The van der Waals surface area contributed by atoms with Gasteiger partial charge < -0.3 is 4.74 Å². The minimum absolute atomic E-state index is 0.416. The molecular weight excluding hydrogens is 277 g/mol. The van der Waals surface area contributed by atoms with E-state index in [-0.39, 0.29) is 0 Å². The maximum Gasteiger partial charge on any atom is 0.140 e. The molecule has 0 aliphatic heterocycles. The molecule has 17 heavy (non-hydrogen) atoms. The van der Waals surface area contributed by atoms with Crippen LogP contribution in [-0.4, -0.2) is 4.98 Å². The van der Waals surface area contributed by atoms with Gasteiger partial charge in [0.15, 0.2) is 0 Å². The minimum Gasteiger partial charge on any atom is -0.485 e. The summed E-state index contributed by atoms with van der Waals surface area (Å²) in [5, 5.41) is 2.10. The van der Waals surface area contributed by atoms with Crippen LogP contribution in [0.1, 0.15) is 15.6 Å². The van der Waals surface area contributed by atoms with Gasteiger partial charge in [0.1, 0.15) is 17.4 Å². The van der Waals surface area contributed by atoms with E-state index in [1.165, 1.54) is 4.88 Å². The van der Waals surface area contributed by atoms with Gasteiger partial charge in [-0.2, -0.15) is 0 Å². The smallest absolute Gasteiger partial charge is 0.140 e. The van der Waals surface area contributed by atoms with Crippen LogP contribution in [-0.2, 0) is 6.61 Å². The third-order valence-electron chi connectivity index (χ3n) is 2.32. The summed E-state index contributed by atoms with van der Waals surface area (Å²) < 4.78 is 5.60. The van der Waals surface area contributed by atoms with Gasteiger partial charge in [0.2, 0.25) is 0 Å². The Hall–Kier alpha value is -0.770. The van der Waals surface area contributed by atoms with E-state index in [9.17, 15) is 0 Å². The Labute approximate surface area is 114 Å². The Kier molecular flexibility index (Phi) is 3.92. The third kappa shape index (κ3) is 3.12. The molecule has 0 saturated carbocycles. The van der Waals surface area contributed by atoms with E-state index in [0.717, 1.165) is 10.7 Å². The summed E-state index contributed by atoms with van der Waals surface area (Å²) in [5.74, 6) is 0.588. The van der Waals surface area contributed by atoms with Crippen LogP contribution in [0.3, 0.4) is 0 Å². The van der Waals surface area contributed by atoms with Gasteiger partial charge in [-0.05, 0) is 26.0 Å². The summed E-state index contributed by atoms with van der Waals surface area (Å²) in [6.45, 7) is 4.45. The van der Waals surface area contributed by atoms with Gasteiger partial charge in [-0.15, -0.1) is 11.3 Å². The number of hydrogen-bond donors (Lipinski definition) is 0. The van der Waals surface area contributed by atoms with Gasteiger partial charge in [-0.1, -0.05) is 23.2 Å². The number of nitrogens with zero attached hydrogens (tertiary/aromatic N) is 1. The first-order valence-corrected chi connectivity index (χ1v) is 6.64. The van der Waals surface area contributed by atoms with Crippen molar-refractivity contribution in [3.8, 4) is 5.75 Å². The molecule has 1 aromatic carbocycles. The fourth-order valence-electron chi connectivity index (χ4n) is 1.33. The summed E-state index contributed by atoms with van der Waals surface area (Å²) in [7, 11) is 0. The summed E-state index contributed by atoms with van der Waals surface area (Å²) in [6, 6.07) is 5.16. The van der Waals surface area contributed by atoms with E-state index in [4.69, 9.17) is 27.9 Å². The number of aryl methyl sites for hydroxylation is 2. The topological polar surface area (TPSA) is 22.1 Å². The SMILES string of the molecule is Cc1nc(COc2cc(Cl)ccc2Cl)sc1C. The largest absolute Gasteiger partial charge is 0.485 e. The first-order chi connectivity index (χ1) is 8.06. The lowest BCUT2D eigenvalue weighted by Crippen LogP contribution is -1.95. The standard InChI is InChI=1S/C12H11Cl2NOS/c1-7-8(2)17-12(15-7)6-16-11-5-9(13)3-4-10(11)14/h3-5H,6H2,1-2H3. The number of aromatic nitrogens is 1. The second-order valence-corrected chi connectivity index (χ2v) is 5.74. The van der Waals surface area contributed by atoms with Crippen molar-refractivity contribution >= 4 is 34.5 Å². The highest BCUT2D eigenvalue weighted by atomic mass is 35.5. The fourth-order valence-corrected chi connectivity index (χ4v) is 2.51. The monoisotopic (exact) mass is 287 g/mol. The minimum atomic E-state index is 0.416. The maximum atomic E-state index is 6.00. The highest BCUT2D eigenvalue weighted by Crippen LogP contribution is 2.29. The van der Waals surface area contributed by atoms with Gasteiger partial charge in [0.25, 0.3) is 0 Å². The molecule has 0 atom stereocenters. The second-order valence-electron chi connectivity index (χ2n) is 3.61. The first kappa shape index (κ1) is 12.7. The molecule has 0 aliphatic rings. The molecule has 0 N–H and O–H groups in total. The van der Waals surface area contributed by atoms with Crippen LogP contribution in [0.2, 0.25) is 10.0 Å². The number of rotatable bonds is 3. The molecule has 0 radical (unpaired) electrons. The molecular formula is C12H11Cl2NOS. The van der Waals surface area contributed by atoms with Crippen LogP contribution in [0, 0.1) is 13.8 Å². The Bertz CT molecular complexity index is 520. The molecule has 0 unspecified atom stereocenters. The Morgan fingerprint density at radius 1 is 1.29 bits per heavy atom. The van der Waals surface area contributed by atoms with E-state index < -0.39 is 0 Å². The van der Waals surface area contributed by atoms with Crippen LogP contribution in [0.5, 0.6) is 5.75 Å². The highest BCUT2D eigenvalue weighted by molar-refractivity contribution is 7.11. The third-order valence-corrected chi connectivity index (χ3v) is 3.91. The number of benzene rings is 1. The number of hydrogen-bond acceptors (Lipinski definition) is 3. The fraction of sp³-hybridized carbons (Fsp3) is 0.250. The number of thiazole rings is 1. The maximum absolute atomic E-state index is 6.00. The molecule has 2 nitrogen and oxygen atoms in total. The van der Waals surface area contributed by atoms with Gasteiger partial charge in [0.05, 0.1) is 10.7 Å². The molecule has 2 rings (SSSR count). The summed E-state index contributed by atoms with van der Waals surface area (Å²) >= 11 is 13.5. The van der Waals surface area contributed by atoms with Gasteiger partial charge >= 0.3 is 0 Å². The highest BCUT2D eigenvalue weighted by Gasteiger charge is 2.07. The van der Waals surface area contributed by atoms with Crippen LogP contribution in [0.4, 0.5) is 0 Å². The molecule has 1 heterocycles. The summed E-state index contributed by atoms with van der Waals surface area (Å²) in [4.78, 5) is 5.60. The van der Waals surface area contributed by atoms with Crippen molar-refractivity contribution < 1.29 is 4.74 Å². The number of ether oxygens (including phenoxy) is 1. The van der Waals surface area contributed by atoms with Crippen molar-refractivity contribution in [3.05, 3.63) is 43.8 Å². The molecule has 2 aromatic rings. The average Bonchev–Trinajstić information content (AvgIpc) is 2.60.